The van der Waals surface area contributed by atoms with E-state index in [1.165, 1.54) is 0 Å². The lowest BCUT2D eigenvalue weighted by atomic mass is 10.1. The lowest BCUT2D eigenvalue weighted by Gasteiger charge is -2.36. The van der Waals surface area contributed by atoms with Crippen molar-refractivity contribution in [3.8, 4) is 0 Å². The summed E-state index contributed by atoms with van der Waals surface area (Å²) < 4.78 is 5.44. The van der Waals surface area contributed by atoms with Crippen molar-refractivity contribution in [1.82, 2.24) is 15.5 Å². The number of rotatable bonds is 7. The molecule has 0 aliphatic heterocycles. The monoisotopic (exact) mass is 315 g/mol. The summed E-state index contributed by atoms with van der Waals surface area (Å²) in [6.45, 7) is 15.4. The van der Waals surface area contributed by atoms with Gasteiger partial charge in [0.1, 0.15) is 5.60 Å². The molecule has 0 unspecified atom stereocenters. The molecule has 22 heavy (non-hydrogen) atoms. The summed E-state index contributed by atoms with van der Waals surface area (Å²) in [4.78, 5) is 25.4. The van der Waals surface area contributed by atoms with Gasteiger partial charge in [-0.15, -0.1) is 0 Å². The fourth-order valence-corrected chi connectivity index (χ4v) is 1.74. The maximum atomic E-state index is 12.3. The van der Waals surface area contributed by atoms with Crippen LogP contribution in [0.2, 0.25) is 0 Å². The summed E-state index contributed by atoms with van der Waals surface area (Å²) in [5.41, 5.74) is -0.859. The standard InChI is InChI=1S/C16H33N3O3/c1-8-9-18-13(20)12-17-10-11-19(15(2,3)4)14(21)22-16(5,6)7/h17H,8-12H2,1-7H3,(H,18,20). The van der Waals surface area contributed by atoms with Gasteiger partial charge in [0, 0.05) is 25.2 Å². The fourth-order valence-electron chi connectivity index (χ4n) is 1.74. The largest absolute Gasteiger partial charge is 0.444 e. The van der Waals surface area contributed by atoms with Crippen LogP contribution in [0.15, 0.2) is 0 Å². The van der Waals surface area contributed by atoms with Gasteiger partial charge in [0.15, 0.2) is 0 Å². The number of ether oxygens (including phenoxy) is 1. The zero-order valence-corrected chi connectivity index (χ0v) is 15.2. The van der Waals surface area contributed by atoms with Crippen molar-refractivity contribution in [1.29, 1.82) is 0 Å². The predicted octanol–water partition coefficient (Wildman–Crippen LogP) is 2.14. The molecular formula is C16H33N3O3. The van der Waals surface area contributed by atoms with Gasteiger partial charge in [0.2, 0.25) is 5.91 Å². The summed E-state index contributed by atoms with van der Waals surface area (Å²) in [6, 6.07) is 0. The van der Waals surface area contributed by atoms with Gasteiger partial charge in [-0.3, -0.25) is 4.79 Å². The Balaban J connectivity index is 4.34. The average Bonchev–Trinajstić information content (AvgIpc) is 2.32. The van der Waals surface area contributed by atoms with E-state index in [0.29, 0.717) is 19.6 Å². The average molecular weight is 315 g/mol. The Hall–Kier alpha value is -1.30. The van der Waals surface area contributed by atoms with Crippen molar-refractivity contribution < 1.29 is 14.3 Å². The molecule has 6 heteroatoms. The Labute approximate surface area is 135 Å². The number of hydrogen-bond acceptors (Lipinski definition) is 4. The van der Waals surface area contributed by atoms with E-state index in [2.05, 4.69) is 10.6 Å². The summed E-state index contributed by atoms with van der Waals surface area (Å²) >= 11 is 0. The number of carbonyl (C=O) groups is 2. The Morgan fingerprint density at radius 3 is 2.09 bits per heavy atom. The molecule has 6 nitrogen and oxygen atoms in total. The Bertz CT molecular complexity index is 357. The van der Waals surface area contributed by atoms with Crippen molar-refractivity contribution in [2.45, 2.75) is 66.0 Å². The molecule has 0 aromatic carbocycles. The third-order valence-corrected chi connectivity index (χ3v) is 2.79. The van der Waals surface area contributed by atoms with Crippen LogP contribution in [0.1, 0.15) is 54.9 Å². The van der Waals surface area contributed by atoms with E-state index in [1.54, 1.807) is 4.90 Å². The lowest BCUT2D eigenvalue weighted by Crippen LogP contribution is -2.50. The van der Waals surface area contributed by atoms with Crippen LogP contribution in [0.5, 0.6) is 0 Å². The Kier molecular flexibility index (Phi) is 8.45. The highest BCUT2D eigenvalue weighted by atomic mass is 16.6. The van der Waals surface area contributed by atoms with Crippen LogP contribution in [-0.2, 0) is 9.53 Å². The summed E-state index contributed by atoms with van der Waals surface area (Å²) in [5.74, 6) is -0.0265. The number of amides is 2. The predicted molar refractivity (Wildman–Crippen MR) is 88.9 cm³/mol. The molecule has 0 aliphatic carbocycles. The maximum absolute atomic E-state index is 12.3. The van der Waals surface area contributed by atoms with Crippen molar-refractivity contribution in [3.05, 3.63) is 0 Å². The van der Waals surface area contributed by atoms with E-state index in [1.807, 2.05) is 48.5 Å². The molecule has 0 heterocycles. The van der Waals surface area contributed by atoms with Gasteiger partial charge >= 0.3 is 6.09 Å². The molecule has 0 saturated carbocycles. The molecule has 0 spiro atoms. The first-order valence-corrected chi connectivity index (χ1v) is 7.95. The second-order valence-electron chi connectivity index (χ2n) is 7.33. The first-order chi connectivity index (χ1) is 9.97. The van der Waals surface area contributed by atoms with Gasteiger partial charge in [0.05, 0.1) is 6.54 Å². The molecule has 2 amide bonds. The molecule has 0 bridgehead atoms. The molecular weight excluding hydrogens is 282 g/mol. The highest BCUT2D eigenvalue weighted by molar-refractivity contribution is 5.77. The summed E-state index contributed by atoms with van der Waals surface area (Å²) in [7, 11) is 0. The van der Waals surface area contributed by atoms with Crippen LogP contribution in [0, 0.1) is 0 Å². The fraction of sp³-hybridized carbons (Fsp3) is 0.875. The smallest absolute Gasteiger partial charge is 0.410 e. The third kappa shape index (κ3) is 9.60. The minimum Gasteiger partial charge on any atom is -0.444 e. The van der Waals surface area contributed by atoms with Gasteiger partial charge in [-0.25, -0.2) is 4.79 Å². The first-order valence-electron chi connectivity index (χ1n) is 7.95. The van der Waals surface area contributed by atoms with Gasteiger partial charge in [-0.05, 0) is 48.0 Å². The lowest BCUT2D eigenvalue weighted by molar-refractivity contribution is -0.120. The van der Waals surface area contributed by atoms with Crippen LogP contribution in [-0.4, -0.2) is 54.2 Å². The van der Waals surface area contributed by atoms with E-state index >= 15 is 0 Å². The zero-order valence-electron chi connectivity index (χ0n) is 15.2. The summed E-state index contributed by atoms with van der Waals surface area (Å²) in [6.07, 6.45) is 0.583. The van der Waals surface area contributed by atoms with E-state index in [4.69, 9.17) is 4.74 Å². The third-order valence-electron chi connectivity index (χ3n) is 2.79. The second kappa shape index (κ2) is 8.98. The van der Waals surface area contributed by atoms with E-state index in [9.17, 15) is 9.59 Å². The quantitative estimate of drug-likeness (QED) is 0.706. The van der Waals surface area contributed by atoms with Crippen molar-refractivity contribution in [3.63, 3.8) is 0 Å². The van der Waals surface area contributed by atoms with Crippen LogP contribution in [0.25, 0.3) is 0 Å². The van der Waals surface area contributed by atoms with Gasteiger partial charge in [-0.1, -0.05) is 6.92 Å². The minimum absolute atomic E-state index is 0.0265. The molecule has 0 radical (unpaired) electrons. The van der Waals surface area contributed by atoms with Crippen molar-refractivity contribution in [2.75, 3.05) is 26.2 Å². The molecule has 130 valence electrons. The molecule has 2 N–H and O–H groups in total. The van der Waals surface area contributed by atoms with Crippen LogP contribution < -0.4 is 10.6 Å². The van der Waals surface area contributed by atoms with E-state index in [0.717, 1.165) is 6.42 Å². The molecule has 0 aromatic heterocycles. The van der Waals surface area contributed by atoms with E-state index < -0.39 is 5.60 Å². The van der Waals surface area contributed by atoms with Crippen LogP contribution in [0.3, 0.4) is 0 Å². The normalized spacial score (nSPS) is 12.0. The SMILES string of the molecule is CCCNC(=O)CNCCN(C(=O)OC(C)(C)C)C(C)(C)C. The highest BCUT2D eigenvalue weighted by Crippen LogP contribution is 2.17. The molecule has 0 rings (SSSR count). The number of nitrogens with zero attached hydrogens (tertiary/aromatic N) is 1. The topological polar surface area (TPSA) is 70.7 Å². The Morgan fingerprint density at radius 2 is 1.64 bits per heavy atom. The van der Waals surface area contributed by atoms with Crippen molar-refractivity contribution >= 4 is 12.0 Å². The number of nitrogens with one attached hydrogen (secondary N) is 2. The summed E-state index contributed by atoms with van der Waals surface area (Å²) in [5, 5.41) is 5.85. The second-order valence-corrected chi connectivity index (χ2v) is 7.33. The molecule has 0 fully saturated rings. The van der Waals surface area contributed by atoms with Gasteiger partial charge in [-0.2, -0.15) is 0 Å². The maximum Gasteiger partial charge on any atom is 0.410 e. The molecule has 0 aromatic rings. The van der Waals surface area contributed by atoms with Gasteiger partial charge in [0.25, 0.3) is 0 Å². The molecule has 0 atom stereocenters. The highest BCUT2D eigenvalue weighted by Gasteiger charge is 2.30. The number of hydrogen-bond donors (Lipinski definition) is 2. The number of carbonyl (C=O) groups excluding carboxylic acids is 2. The van der Waals surface area contributed by atoms with Crippen LogP contribution in [0.4, 0.5) is 4.79 Å². The molecule has 0 saturated heterocycles. The minimum atomic E-state index is -0.520. The van der Waals surface area contributed by atoms with Gasteiger partial charge < -0.3 is 20.3 Å². The Morgan fingerprint density at radius 1 is 1.05 bits per heavy atom. The van der Waals surface area contributed by atoms with E-state index in [-0.39, 0.29) is 24.1 Å². The van der Waals surface area contributed by atoms with Crippen molar-refractivity contribution in [2.24, 2.45) is 0 Å². The molecule has 0 aliphatic rings. The zero-order chi connectivity index (χ0) is 17.4. The first kappa shape index (κ1) is 20.7. The van der Waals surface area contributed by atoms with Crippen LogP contribution >= 0.6 is 0 Å².